The summed E-state index contributed by atoms with van der Waals surface area (Å²) in [5.74, 6) is -0.408. The highest BCUT2D eigenvalue weighted by Crippen LogP contribution is 2.35. The number of hydrogen-bond donors (Lipinski definition) is 2. The van der Waals surface area contributed by atoms with Gasteiger partial charge in [-0.15, -0.1) is 0 Å². The standard InChI is InChI=1S/C23H17Cl2N3O4S/c24-20-11-16(12-21(25)22(20)32-14-15-4-2-1-3-5-15)10-17(13-26)23(29)28-18-6-8-19(9-7-18)33(27,30)31/h1-12H,14H2,(H,28,29)(H2,27,30,31)/b17-10+. The highest BCUT2D eigenvalue weighted by molar-refractivity contribution is 7.89. The molecule has 10 heteroatoms. The fourth-order valence-electron chi connectivity index (χ4n) is 2.77. The molecule has 0 radical (unpaired) electrons. The van der Waals surface area contributed by atoms with Crippen LogP contribution in [0.3, 0.4) is 0 Å². The largest absolute Gasteiger partial charge is 0.486 e. The number of carbonyl (C=O) groups excluding carboxylic acids is 1. The van der Waals surface area contributed by atoms with E-state index in [0.29, 0.717) is 5.56 Å². The van der Waals surface area contributed by atoms with Crippen LogP contribution >= 0.6 is 23.2 Å². The van der Waals surface area contributed by atoms with Gasteiger partial charge in [0.1, 0.15) is 18.2 Å². The Morgan fingerprint density at radius 3 is 2.21 bits per heavy atom. The summed E-state index contributed by atoms with van der Waals surface area (Å²) in [6.07, 6.45) is 1.33. The van der Waals surface area contributed by atoms with Gasteiger partial charge in [-0.1, -0.05) is 53.5 Å². The van der Waals surface area contributed by atoms with E-state index >= 15 is 0 Å². The number of benzene rings is 3. The monoisotopic (exact) mass is 501 g/mol. The quantitative estimate of drug-likeness (QED) is 0.356. The molecule has 0 aliphatic carbocycles. The van der Waals surface area contributed by atoms with Crippen molar-refractivity contribution in [3.05, 3.63) is 93.5 Å². The number of hydrogen-bond acceptors (Lipinski definition) is 5. The molecule has 0 aromatic heterocycles. The molecule has 3 rings (SSSR count). The predicted molar refractivity (Wildman–Crippen MR) is 127 cm³/mol. The third-order valence-electron chi connectivity index (χ3n) is 4.36. The van der Waals surface area contributed by atoms with Crippen molar-refractivity contribution in [1.82, 2.24) is 0 Å². The van der Waals surface area contributed by atoms with E-state index in [9.17, 15) is 18.5 Å². The summed E-state index contributed by atoms with van der Waals surface area (Å²) >= 11 is 12.6. The fraction of sp³-hybridized carbons (Fsp3) is 0.0435. The molecule has 0 spiro atoms. The van der Waals surface area contributed by atoms with Gasteiger partial charge in [-0.05, 0) is 53.6 Å². The van der Waals surface area contributed by atoms with Gasteiger partial charge >= 0.3 is 0 Å². The maximum atomic E-state index is 12.5. The molecule has 1 amide bonds. The lowest BCUT2D eigenvalue weighted by Gasteiger charge is -2.11. The lowest BCUT2D eigenvalue weighted by Crippen LogP contribution is -2.14. The molecule has 3 aromatic carbocycles. The molecule has 7 nitrogen and oxygen atoms in total. The molecule has 0 fully saturated rings. The van der Waals surface area contributed by atoms with Crippen LogP contribution in [0.25, 0.3) is 6.08 Å². The molecule has 0 bridgehead atoms. The fourth-order valence-corrected chi connectivity index (χ4v) is 3.90. The molecule has 33 heavy (non-hydrogen) atoms. The Bertz CT molecular complexity index is 1330. The highest BCUT2D eigenvalue weighted by atomic mass is 35.5. The Morgan fingerprint density at radius 2 is 1.67 bits per heavy atom. The van der Waals surface area contributed by atoms with Crippen LogP contribution in [0.5, 0.6) is 5.75 Å². The number of sulfonamides is 1. The summed E-state index contributed by atoms with van der Waals surface area (Å²) in [4.78, 5) is 12.4. The Hall–Kier alpha value is -3.35. The smallest absolute Gasteiger partial charge is 0.266 e. The number of amides is 1. The van der Waals surface area contributed by atoms with Crippen LogP contribution in [0.15, 0.2) is 77.2 Å². The van der Waals surface area contributed by atoms with E-state index in [4.69, 9.17) is 33.1 Å². The van der Waals surface area contributed by atoms with E-state index in [-0.39, 0.29) is 38.6 Å². The van der Waals surface area contributed by atoms with Crippen molar-refractivity contribution in [1.29, 1.82) is 5.26 Å². The Kier molecular flexibility index (Phi) is 7.74. The van der Waals surface area contributed by atoms with Gasteiger partial charge in [0.25, 0.3) is 5.91 Å². The summed E-state index contributed by atoms with van der Waals surface area (Å²) in [7, 11) is -3.85. The number of carbonyl (C=O) groups is 1. The van der Waals surface area contributed by atoms with E-state index in [1.54, 1.807) is 0 Å². The van der Waals surface area contributed by atoms with Crippen molar-refractivity contribution < 1.29 is 17.9 Å². The molecule has 0 aliphatic rings. The molecule has 0 heterocycles. The van der Waals surface area contributed by atoms with Gasteiger partial charge in [0, 0.05) is 5.69 Å². The van der Waals surface area contributed by atoms with Crippen molar-refractivity contribution >= 4 is 50.9 Å². The predicted octanol–water partition coefficient (Wildman–Crippen LogP) is 4.77. The molecule has 0 unspecified atom stereocenters. The Labute approximate surface area is 201 Å². The SMILES string of the molecule is N#C/C(=C\c1cc(Cl)c(OCc2ccccc2)c(Cl)c1)C(=O)Nc1ccc(S(N)(=O)=O)cc1. The third kappa shape index (κ3) is 6.57. The molecule has 3 aromatic rings. The van der Waals surface area contributed by atoms with E-state index < -0.39 is 15.9 Å². The van der Waals surface area contributed by atoms with Crippen molar-refractivity contribution in [2.75, 3.05) is 5.32 Å². The molecule has 0 atom stereocenters. The van der Waals surface area contributed by atoms with Gasteiger partial charge in [0.15, 0.2) is 5.75 Å². The third-order valence-corrected chi connectivity index (χ3v) is 5.85. The molecule has 0 aliphatic heterocycles. The molecule has 0 saturated heterocycles. The van der Waals surface area contributed by atoms with Gasteiger partial charge in [-0.3, -0.25) is 4.79 Å². The van der Waals surface area contributed by atoms with Crippen LogP contribution in [0, 0.1) is 11.3 Å². The lowest BCUT2D eigenvalue weighted by molar-refractivity contribution is -0.112. The minimum Gasteiger partial charge on any atom is -0.486 e. The number of nitrogens with one attached hydrogen (secondary N) is 1. The molecular formula is C23H17Cl2N3O4S. The molecular weight excluding hydrogens is 485 g/mol. The van der Waals surface area contributed by atoms with Crippen LogP contribution in [0.1, 0.15) is 11.1 Å². The second-order valence-corrected chi connectivity index (χ2v) is 9.16. The Morgan fingerprint density at radius 1 is 1.06 bits per heavy atom. The first kappa shape index (κ1) is 24.3. The number of halogens is 2. The summed E-state index contributed by atoms with van der Waals surface area (Å²) in [5, 5.41) is 17.4. The zero-order valence-corrected chi connectivity index (χ0v) is 19.3. The van der Waals surface area contributed by atoms with E-state index in [1.807, 2.05) is 36.4 Å². The number of nitrogens with zero attached hydrogens (tertiary/aromatic N) is 1. The maximum Gasteiger partial charge on any atom is 0.266 e. The maximum absolute atomic E-state index is 12.5. The average Bonchev–Trinajstić information content (AvgIpc) is 2.77. The normalized spacial score (nSPS) is 11.5. The van der Waals surface area contributed by atoms with Crippen LogP contribution in [0.2, 0.25) is 10.0 Å². The number of primary sulfonamides is 1. The first-order chi connectivity index (χ1) is 15.7. The van der Waals surface area contributed by atoms with Crippen LogP contribution in [-0.2, 0) is 21.4 Å². The first-order valence-electron chi connectivity index (χ1n) is 9.39. The number of anilines is 1. The van der Waals surface area contributed by atoms with E-state index in [1.165, 1.54) is 42.5 Å². The van der Waals surface area contributed by atoms with Crippen LogP contribution in [0.4, 0.5) is 5.69 Å². The number of nitrogens with two attached hydrogens (primary N) is 1. The van der Waals surface area contributed by atoms with Gasteiger partial charge in [-0.25, -0.2) is 13.6 Å². The van der Waals surface area contributed by atoms with Crippen LogP contribution in [-0.4, -0.2) is 14.3 Å². The minimum absolute atomic E-state index is 0.101. The minimum atomic E-state index is -3.85. The van der Waals surface area contributed by atoms with E-state index in [2.05, 4.69) is 5.32 Å². The number of rotatable bonds is 7. The van der Waals surface area contributed by atoms with Gasteiger partial charge in [0.05, 0.1) is 14.9 Å². The van der Waals surface area contributed by atoms with E-state index in [0.717, 1.165) is 5.56 Å². The first-order valence-corrected chi connectivity index (χ1v) is 11.7. The topological polar surface area (TPSA) is 122 Å². The van der Waals surface area contributed by atoms with Gasteiger partial charge in [0.2, 0.25) is 10.0 Å². The van der Waals surface area contributed by atoms with Crippen molar-refractivity contribution in [2.24, 2.45) is 5.14 Å². The lowest BCUT2D eigenvalue weighted by atomic mass is 10.1. The average molecular weight is 502 g/mol. The summed E-state index contributed by atoms with van der Waals surface area (Å²) in [6.45, 7) is 0.269. The zero-order chi connectivity index (χ0) is 24.0. The summed E-state index contributed by atoms with van der Waals surface area (Å²) in [5.41, 5.74) is 1.44. The second-order valence-electron chi connectivity index (χ2n) is 6.78. The van der Waals surface area contributed by atoms with Crippen molar-refractivity contribution in [3.63, 3.8) is 0 Å². The number of nitriles is 1. The van der Waals surface area contributed by atoms with Crippen molar-refractivity contribution in [3.8, 4) is 11.8 Å². The van der Waals surface area contributed by atoms with Crippen molar-refractivity contribution in [2.45, 2.75) is 11.5 Å². The number of ether oxygens (including phenoxy) is 1. The van der Waals surface area contributed by atoms with Gasteiger partial charge < -0.3 is 10.1 Å². The molecule has 0 saturated carbocycles. The highest BCUT2D eigenvalue weighted by Gasteiger charge is 2.14. The van der Waals surface area contributed by atoms with Crippen LogP contribution < -0.4 is 15.2 Å². The molecule has 168 valence electrons. The molecule has 3 N–H and O–H groups in total. The second kappa shape index (κ2) is 10.5. The summed E-state index contributed by atoms with van der Waals surface area (Å²) in [6, 6.07) is 19.6. The summed E-state index contributed by atoms with van der Waals surface area (Å²) < 4.78 is 28.4. The van der Waals surface area contributed by atoms with Gasteiger partial charge in [-0.2, -0.15) is 5.26 Å². The zero-order valence-electron chi connectivity index (χ0n) is 17.0. The Balaban J connectivity index is 1.76.